The number of ether oxygens (including phenoxy) is 1. The molecule has 26 heavy (non-hydrogen) atoms. The maximum Gasteiger partial charge on any atom is 0.255 e. The van der Waals surface area contributed by atoms with Crippen molar-refractivity contribution in [1.29, 1.82) is 0 Å². The normalized spacial score (nSPS) is 24.8. The van der Waals surface area contributed by atoms with Gasteiger partial charge in [0.1, 0.15) is 5.58 Å². The lowest BCUT2D eigenvalue weighted by atomic mass is 10.0. The number of benzene rings is 1. The molecule has 6 nitrogen and oxygen atoms in total. The van der Waals surface area contributed by atoms with E-state index in [9.17, 15) is 4.79 Å². The Labute approximate surface area is 153 Å². The SMILES string of the molecule is COCCCN1CC2C(CNC(=O)c3cc(C)c(N)c4ccoc34)C2C1. The van der Waals surface area contributed by atoms with Gasteiger partial charge in [-0.3, -0.25) is 4.79 Å². The summed E-state index contributed by atoms with van der Waals surface area (Å²) in [4.78, 5) is 15.2. The number of likely N-dealkylation sites (tertiary alicyclic amines) is 1. The Morgan fingerprint density at radius 3 is 2.92 bits per heavy atom. The first-order valence-corrected chi connectivity index (χ1v) is 9.36. The number of methoxy groups -OCH3 is 1. The Morgan fingerprint density at radius 1 is 1.42 bits per heavy atom. The number of amides is 1. The average molecular weight is 357 g/mol. The van der Waals surface area contributed by atoms with Gasteiger partial charge in [0.25, 0.3) is 5.91 Å². The minimum Gasteiger partial charge on any atom is -0.463 e. The Kier molecular flexibility index (Phi) is 4.63. The molecule has 1 aliphatic heterocycles. The van der Waals surface area contributed by atoms with Crippen molar-refractivity contribution >= 4 is 22.6 Å². The molecule has 1 aromatic heterocycles. The number of rotatable bonds is 7. The Hall–Kier alpha value is -2.05. The summed E-state index contributed by atoms with van der Waals surface area (Å²) in [5, 5.41) is 3.92. The number of hydrogen-bond donors (Lipinski definition) is 2. The van der Waals surface area contributed by atoms with E-state index in [0.29, 0.717) is 22.8 Å². The van der Waals surface area contributed by atoms with Crippen LogP contribution in [0.2, 0.25) is 0 Å². The smallest absolute Gasteiger partial charge is 0.255 e. The van der Waals surface area contributed by atoms with Crippen LogP contribution in [0.5, 0.6) is 0 Å². The lowest BCUT2D eigenvalue weighted by molar-refractivity contribution is 0.0949. The van der Waals surface area contributed by atoms with Gasteiger partial charge in [-0.25, -0.2) is 0 Å². The summed E-state index contributed by atoms with van der Waals surface area (Å²) in [6.45, 7) is 6.90. The van der Waals surface area contributed by atoms with Crippen LogP contribution in [0.25, 0.3) is 11.0 Å². The minimum absolute atomic E-state index is 0.0741. The lowest BCUT2D eigenvalue weighted by Gasteiger charge is -2.19. The van der Waals surface area contributed by atoms with Crippen LogP contribution in [0.3, 0.4) is 0 Å². The summed E-state index contributed by atoms with van der Waals surface area (Å²) in [5.41, 5.74) is 8.80. The van der Waals surface area contributed by atoms with Gasteiger partial charge in [0.2, 0.25) is 0 Å². The summed E-state index contributed by atoms with van der Waals surface area (Å²) >= 11 is 0. The van der Waals surface area contributed by atoms with Crippen LogP contribution in [0.15, 0.2) is 22.8 Å². The number of anilines is 1. The standard InChI is InChI=1S/C20H27N3O3/c1-12-8-14(19-13(18(12)21)4-7-26-19)20(24)22-9-15-16-10-23(11-17(15)16)5-3-6-25-2/h4,7-8,15-17H,3,5-6,9-11,21H2,1-2H3,(H,22,24). The first-order chi connectivity index (χ1) is 12.6. The summed E-state index contributed by atoms with van der Waals surface area (Å²) in [7, 11) is 1.75. The van der Waals surface area contributed by atoms with Gasteiger partial charge in [0, 0.05) is 51.0 Å². The summed E-state index contributed by atoms with van der Waals surface area (Å²) in [6.07, 6.45) is 2.67. The Morgan fingerprint density at radius 2 is 2.19 bits per heavy atom. The van der Waals surface area contributed by atoms with E-state index in [1.54, 1.807) is 13.4 Å². The molecule has 1 amide bonds. The molecule has 6 heteroatoms. The number of fused-ring (bicyclic) bond motifs is 2. The fourth-order valence-corrected chi connectivity index (χ4v) is 4.43. The molecule has 4 rings (SSSR count). The van der Waals surface area contributed by atoms with Gasteiger partial charge >= 0.3 is 0 Å². The van der Waals surface area contributed by atoms with Gasteiger partial charge in [-0.2, -0.15) is 0 Å². The number of carbonyl (C=O) groups is 1. The van der Waals surface area contributed by atoms with Crippen molar-refractivity contribution in [3.63, 3.8) is 0 Å². The first-order valence-electron chi connectivity index (χ1n) is 9.36. The first kappa shape index (κ1) is 17.4. The molecular formula is C20H27N3O3. The van der Waals surface area contributed by atoms with E-state index in [0.717, 1.165) is 62.0 Å². The highest BCUT2D eigenvalue weighted by Gasteiger charge is 2.54. The highest BCUT2D eigenvalue weighted by atomic mass is 16.5. The van der Waals surface area contributed by atoms with Crippen molar-refractivity contribution in [3.05, 3.63) is 29.5 Å². The zero-order valence-electron chi connectivity index (χ0n) is 15.5. The molecule has 2 heterocycles. The van der Waals surface area contributed by atoms with E-state index in [1.165, 1.54) is 0 Å². The summed E-state index contributed by atoms with van der Waals surface area (Å²) in [6, 6.07) is 3.64. The number of nitrogens with one attached hydrogen (secondary N) is 1. The monoisotopic (exact) mass is 357 g/mol. The van der Waals surface area contributed by atoms with Crippen LogP contribution in [-0.2, 0) is 4.74 Å². The van der Waals surface area contributed by atoms with Crippen LogP contribution in [0.4, 0.5) is 5.69 Å². The topological polar surface area (TPSA) is 80.7 Å². The highest BCUT2D eigenvalue weighted by molar-refractivity contribution is 6.08. The van der Waals surface area contributed by atoms with Gasteiger partial charge in [-0.1, -0.05) is 0 Å². The fraction of sp³-hybridized carbons (Fsp3) is 0.550. The Bertz CT molecular complexity index is 804. The third kappa shape index (κ3) is 3.08. The van der Waals surface area contributed by atoms with Crippen molar-refractivity contribution < 1.29 is 13.9 Å². The molecule has 1 aromatic carbocycles. The molecule has 3 N–H and O–H groups in total. The molecule has 140 valence electrons. The highest BCUT2D eigenvalue weighted by Crippen LogP contribution is 2.51. The largest absolute Gasteiger partial charge is 0.463 e. The molecule has 0 spiro atoms. The van der Waals surface area contributed by atoms with Crippen molar-refractivity contribution in [1.82, 2.24) is 10.2 Å². The van der Waals surface area contributed by atoms with Crippen molar-refractivity contribution in [2.45, 2.75) is 13.3 Å². The zero-order valence-corrected chi connectivity index (χ0v) is 15.5. The maximum absolute atomic E-state index is 12.7. The van der Waals surface area contributed by atoms with Crippen molar-refractivity contribution in [2.75, 3.05) is 45.6 Å². The number of nitrogen functional groups attached to an aromatic ring is 1. The molecule has 0 bridgehead atoms. The van der Waals surface area contributed by atoms with Crippen molar-refractivity contribution in [3.8, 4) is 0 Å². The fourth-order valence-electron chi connectivity index (χ4n) is 4.43. The van der Waals surface area contributed by atoms with E-state index in [2.05, 4.69) is 10.2 Å². The van der Waals surface area contributed by atoms with E-state index in [4.69, 9.17) is 14.9 Å². The lowest BCUT2D eigenvalue weighted by Crippen LogP contribution is -2.31. The number of aryl methyl sites for hydroxylation is 1. The quantitative estimate of drug-likeness (QED) is 0.587. The summed E-state index contributed by atoms with van der Waals surface area (Å²) < 4.78 is 10.6. The molecule has 1 saturated heterocycles. The number of furan rings is 1. The van der Waals surface area contributed by atoms with Gasteiger partial charge < -0.3 is 25.1 Å². The molecular weight excluding hydrogens is 330 g/mol. The van der Waals surface area contributed by atoms with E-state index in [1.807, 2.05) is 19.1 Å². The van der Waals surface area contributed by atoms with Gasteiger partial charge in [0.15, 0.2) is 0 Å². The predicted octanol–water partition coefficient (Wildman–Crippen LogP) is 2.27. The molecule has 1 aliphatic carbocycles. The molecule has 2 aromatic rings. The predicted molar refractivity (Wildman–Crippen MR) is 101 cm³/mol. The van der Waals surface area contributed by atoms with Gasteiger partial charge in [0.05, 0.1) is 11.8 Å². The van der Waals surface area contributed by atoms with Crippen LogP contribution in [0.1, 0.15) is 22.3 Å². The van der Waals surface area contributed by atoms with Gasteiger partial charge in [-0.05, 0) is 48.8 Å². The third-order valence-corrected chi connectivity index (χ3v) is 6.00. The van der Waals surface area contributed by atoms with Crippen LogP contribution < -0.4 is 11.1 Å². The molecule has 1 saturated carbocycles. The number of piperidine rings is 1. The maximum atomic E-state index is 12.7. The molecule has 2 fully saturated rings. The number of carbonyl (C=O) groups excluding carboxylic acids is 1. The number of nitrogens with two attached hydrogens (primary N) is 1. The molecule has 0 radical (unpaired) electrons. The molecule has 2 atom stereocenters. The average Bonchev–Trinajstić information content (AvgIpc) is 3.00. The second-order valence-corrected chi connectivity index (χ2v) is 7.63. The second-order valence-electron chi connectivity index (χ2n) is 7.63. The van der Waals surface area contributed by atoms with Gasteiger partial charge in [-0.15, -0.1) is 0 Å². The molecule has 2 unspecified atom stereocenters. The number of hydrogen-bond acceptors (Lipinski definition) is 5. The van der Waals surface area contributed by atoms with Crippen LogP contribution in [0, 0.1) is 24.7 Å². The molecule has 2 aliphatic rings. The second kappa shape index (κ2) is 6.93. The number of nitrogens with zero attached hydrogens (tertiary/aromatic N) is 1. The van der Waals surface area contributed by atoms with Crippen LogP contribution in [-0.4, -0.2) is 50.7 Å². The zero-order chi connectivity index (χ0) is 18.3. The van der Waals surface area contributed by atoms with E-state index < -0.39 is 0 Å². The van der Waals surface area contributed by atoms with Crippen LogP contribution >= 0.6 is 0 Å². The van der Waals surface area contributed by atoms with Crippen molar-refractivity contribution in [2.24, 2.45) is 17.8 Å². The summed E-state index contributed by atoms with van der Waals surface area (Å²) in [5.74, 6) is 2.00. The minimum atomic E-state index is -0.0741. The third-order valence-electron chi connectivity index (χ3n) is 6.00. The Balaban J connectivity index is 1.32. The van der Waals surface area contributed by atoms with E-state index in [-0.39, 0.29) is 5.91 Å². The van der Waals surface area contributed by atoms with E-state index >= 15 is 0 Å².